The molecule has 2 amide bonds. The molecule has 7 nitrogen and oxygen atoms in total. The van der Waals surface area contributed by atoms with Gasteiger partial charge in [0.1, 0.15) is 6.04 Å². The van der Waals surface area contributed by atoms with Crippen LogP contribution in [0.25, 0.3) is 0 Å². The smallest absolute Gasteiger partial charge is 0.255 e. The maximum absolute atomic E-state index is 13.2. The Morgan fingerprint density at radius 3 is 2.23 bits per heavy atom. The van der Waals surface area contributed by atoms with E-state index in [0.29, 0.717) is 30.3 Å². The first-order valence-corrected chi connectivity index (χ1v) is 12.8. The molecule has 9 heteroatoms. The molecule has 2 aliphatic rings. The standard InChI is InChI=1S/C22H25N3O4S2/c1-17-7-9-19(10-8-17)31(28,29)24-13-11-23(12-14-24)22(27)20-15-30-16-25(20)21(26)18-5-3-2-4-6-18/h2-10,20H,11-16H2,1H3/t20-/m0/s1. The minimum absolute atomic E-state index is 0.110. The summed E-state index contributed by atoms with van der Waals surface area (Å²) in [4.78, 5) is 29.6. The molecule has 2 aliphatic heterocycles. The summed E-state index contributed by atoms with van der Waals surface area (Å²) < 4.78 is 27.2. The van der Waals surface area contributed by atoms with E-state index in [2.05, 4.69) is 0 Å². The molecule has 2 aromatic carbocycles. The number of nitrogens with zero attached hydrogens (tertiary/aromatic N) is 3. The van der Waals surface area contributed by atoms with Gasteiger partial charge in [-0.15, -0.1) is 11.8 Å². The highest BCUT2D eigenvalue weighted by Gasteiger charge is 2.39. The molecule has 2 aromatic rings. The number of amides is 2. The van der Waals surface area contributed by atoms with E-state index in [1.54, 1.807) is 70.1 Å². The maximum Gasteiger partial charge on any atom is 0.255 e. The van der Waals surface area contributed by atoms with E-state index in [0.717, 1.165) is 5.56 Å². The number of carbonyl (C=O) groups is 2. The molecule has 0 unspecified atom stereocenters. The molecule has 2 saturated heterocycles. The Balaban J connectivity index is 1.41. The average Bonchev–Trinajstić information content (AvgIpc) is 3.29. The van der Waals surface area contributed by atoms with Crippen LogP contribution in [0.3, 0.4) is 0 Å². The Hall–Kier alpha value is -2.36. The van der Waals surface area contributed by atoms with Gasteiger partial charge >= 0.3 is 0 Å². The van der Waals surface area contributed by atoms with Crippen LogP contribution in [0.5, 0.6) is 0 Å². The zero-order valence-corrected chi connectivity index (χ0v) is 18.9. The molecule has 0 radical (unpaired) electrons. The van der Waals surface area contributed by atoms with E-state index in [9.17, 15) is 18.0 Å². The Morgan fingerprint density at radius 2 is 1.58 bits per heavy atom. The maximum atomic E-state index is 13.2. The quantitative estimate of drug-likeness (QED) is 0.699. The van der Waals surface area contributed by atoms with Crippen LogP contribution in [-0.4, -0.2) is 78.2 Å². The fraction of sp³-hybridized carbons (Fsp3) is 0.364. The zero-order chi connectivity index (χ0) is 22.0. The number of sulfonamides is 1. The summed E-state index contributed by atoms with van der Waals surface area (Å²) in [6.07, 6.45) is 0. The third-order valence-corrected chi connectivity index (χ3v) is 8.58. The number of benzene rings is 2. The van der Waals surface area contributed by atoms with Gasteiger partial charge in [0.25, 0.3) is 5.91 Å². The second-order valence-corrected chi connectivity index (χ2v) is 10.6. The topological polar surface area (TPSA) is 78.0 Å². The average molecular weight is 460 g/mol. The predicted octanol–water partition coefficient (Wildman–Crippen LogP) is 2.04. The summed E-state index contributed by atoms with van der Waals surface area (Å²) in [7, 11) is -3.58. The van der Waals surface area contributed by atoms with Gasteiger partial charge in [-0.2, -0.15) is 4.31 Å². The molecule has 2 fully saturated rings. The van der Waals surface area contributed by atoms with Crippen LogP contribution in [0.4, 0.5) is 0 Å². The lowest BCUT2D eigenvalue weighted by Gasteiger charge is -2.36. The van der Waals surface area contributed by atoms with Gasteiger partial charge in [-0.25, -0.2) is 8.42 Å². The van der Waals surface area contributed by atoms with Gasteiger partial charge in [-0.05, 0) is 31.2 Å². The van der Waals surface area contributed by atoms with E-state index in [-0.39, 0.29) is 29.8 Å². The van der Waals surface area contributed by atoms with Gasteiger partial charge in [0.2, 0.25) is 15.9 Å². The van der Waals surface area contributed by atoms with Gasteiger partial charge in [-0.1, -0.05) is 35.9 Å². The number of aryl methyl sites for hydroxylation is 1. The van der Waals surface area contributed by atoms with Crippen molar-refractivity contribution in [1.82, 2.24) is 14.1 Å². The van der Waals surface area contributed by atoms with Crippen LogP contribution < -0.4 is 0 Å². The summed E-state index contributed by atoms with van der Waals surface area (Å²) in [5.41, 5.74) is 1.57. The van der Waals surface area contributed by atoms with Gasteiger partial charge in [0.05, 0.1) is 10.8 Å². The fourth-order valence-corrected chi connectivity index (χ4v) is 6.38. The van der Waals surface area contributed by atoms with Crippen molar-refractivity contribution < 1.29 is 18.0 Å². The van der Waals surface area contributed by atoms with Crippen LogP contribution in [0, 0.1) is 6.92 Å². The minimum Gasteiger partial charge on any atom is -0.338 e. The monoisotopic (exact) mass is 459 g/mol. The molecular weight excluding hydrogens is 434 g/mol. The molecule has 0 aromatic heterocycles. The first kappa shape index (κ1) is 21.9. The Morgan fingerprint density at radius 1 is 0.935 bits per heavy atom. The van der Waals surface area contributed by atoms with Crippen molar-refractivity contribution in [3.8, 4) is 0 Å². The molecule has 0 bridgehead atoms. The third-order valence-electron chi connectivity index (χ3n) is 5.66. The van der Waals surface area contributed by atoms with Crippen LogP contribution in [0.15, 0.2) is 59.5 Å². The number of hydrogen-bond acceptors (Lipinski definition) is 5. The number of thioether (sulfide) groups is 1. The largest absolute Gasteiger partial charge is 0.338 e. The molecule has 0 aliphatic carbocycles. The van der Waals surface area contributed by atoms with Crippen molar-refractivity contribution in [3.05, 3.63) is 65.7 Å². The summed E-state index contributed by atoms with van der Waals surface area (Å²) in [5.74, 6) is 0.775. The zero-order valence-electron chi connectivity index (χ0n) is 17.3. The lowest BCUT2D eigenvalue weighted by Crippen LogP contribution is -2.55. The van der Waals surface area contributed by atoms with Gasteiger partial charge in [0, 0.05) is 37.5 Å². The predicted molar refractivity (Wildman–Crippen MR) is 120 cm³/mol. The molecule has 0 spiro atoms. The fourth-order valence-electron chi connectivity index (χ4n) is 3.81. The van der Waals surface area contributed by atoms with Crippen molar-refractivity contribution in [3.63, 3.8) is 0 Å². The van der Waals surface area contributed by atoms with Crippen LogP contribution >= 0.6 is 11.8 Å². The highest BCUT2D eigenvalue weighted by atomic mass is 32.2. The highest BCUT2D eigenvalue weighted by Crippen LogP contribution is 2.26. The summed E-state index contributed by atoms with van der Waals surface area (Å²) in [5, 5.41) is 0. The van der Waals surface area contributed by atoms with Crippen molar-refractivity contribution >= 4 is 33.6 Å². The molecule has 0 saturated carbocycles. The number of carbonyl (C=O) groups excluding carboxylic acids is 2. The Bertz CT molecular complexity index is 1050. The first-order valence-electron chi connectivity index (χ1n) is 10.2. The lowest BCUT2D eigenvalue weighted by molar-refractivity contribution is -0.136. The third kappa shape index (κ3) is 4.49. The molecule has 4 rings (SSSR count). The van der Waals surface area contributed by atoms with Crippen LogP contribution in [0.2, 0.25) is 0 Å². The van der Waals surface area contributed by atoms with E-state index < -0.39 is 16.1 Å². The highest BCUT2D eigenvalue weighted by molar-refractivity contribution is 7.99. The van der Waals surface area contributed by atoms with Crippen molar-refractivity contribution in [2.45, 2.75) is 17.9 Å². The number of rotatable bonds is 4. The van der Waals surface area contributed by atoms with E-state index in [1.165, 1.54) is 4.31 Å². The van der Waals surface area contributed by atoms with Crippen molar-refractivity contribution in [2.24, 2.45) is 0 Å². The van der Waals surface area contributed by atoms with Crippen molar-refractivity contribution in [1.29, 1.82) is 0 Å². The van der Waals surface area contributed by atoms with Gasteiger partial charge in [-0.3, -0.25) is 9.59 Å². The SMILES string of the molecule is Cc1ccc(S(=O)(=O)N2CCN(C(=O)[C@@H]3CSCN3C(=O)c3ccccc3)CC2)cc1. The van der Waals surface area contributed by atoms with Gasteiger partial charge in [0.15, 0.2) is 0 Å². The summed E-state index contributed by atoms with van der Waals surface area (Å²) in [6, 6.07) is 15.2. The van der Waals surface area contributed by atoms with Crippen LogP contribution in [-0.2, 0) is 14.8 Å². The lowest BCUT2D eigenvalue weighted by atomic mass is 10.1. The number of piperazine rings is 1. The summed E-state index contributed by atoms with van der Waals surface area (Å²) >= 11 is 1.56. The molecule has 164 valence electrons. The Labute approximate surface area is 187 Å². The molecule has 2 heterocycles. The summed E-state index contributed by atoms with van der Waals surface area (Å²) in [6.45, 7) is 3.04. The molecule has 1 atom stereocenters. The Kier molecular flexibility index (Phi) is 6.36. The van der Waals surface area contributed by atoms with E-state index >= 15 is 0 Å². The molecule has 0 N–H and O–H groups in total. The molecular formula is C22H25N3O4S2. The van der Waals surface area contributed by atoms with E-state index in [4.69, 9.17) is 0 Å². The second-order valence-electron chi connectivity index (χ2n) is 7.70. The number of hydrogen-bond donors (Lipinski definition) is 0. The minimum atomic E-state index is -3.58. The van der Waals surface area contributed by atoms with E-state index in [1.807, 2.05) is 13.0 Å². The molecule has 31 heavy (non-hydrogen) atoms. The van der Waals surface area contributed by atoms with Crippen LogP contribution in [0.1, 0.15) is 15.9 Å². The second kappa shape index (κ2) is 9.02. The normalized spacial score (nSPS) is 20.1. The first-order chi connectivity index (χ1) is 14.9. The van der Waals surface area contributed by atoms with Crippen molar-refractivity contribution in [2.75, 3.05) is 37.8 Å². The van der Waals surface area contributed by atoms with Gasteiger partial charge < -0.3 is 9.80 Å².